The van der Waals surface area contributed by atoms with Crippen LogP contribution in [-0.2, 0) is 0 Å². The van der Waals surface area contributed by atoms with Crippen LogP contribution in [0, 0.1) is 12.7 Å². The SMILES string of the molecule is Cc1ccc(-c2nnc3sc(C(C)c4ccc(-c5ccccc5)c(F)c4)nn23)cc1. The number of hydrogen-bond donors (Lipinski definition) is 0. The van der Waals surface area contributed by atoms with Gasteiger partial charge in [0.05, 0.1) is 0 Å². The van der Waals surface area contributed by atoms with E-state index in [9.17, 15) is 4.39 Å². The Hall–Kier alpha value is -3.38. The fourth-order valence-electron chi connectivity index (χ4n) is 3.48. The molecule has 0 saturated carbocycles. The van der Waals surface area contributed by atoms with Crippen molar-refractivity contribution >= 4 is 16.3 Å². The van der Waals surface area contributed by atoms with Gasteiger partial charge in [-0.2, -0.15) is 9.61 Å². The number of benzene rings is 3. The van der Waals surface area contributed by atoms with E-state index in [1.54, 1.807) is 10.6 Å². The second-order valence-electron chi connectivity index (χ2n) is 7.35. The monoisotopic (exact) mass is 414 g/mol. The molecule has 0 radical (unpaired) electrons. The van der Waals surface area contributed by atoms with Crippen molar-refractivity contribution in [3.05, 3.63) is 94.7 Å². The molecule has 6 heteroatoms. The van der Waals surface area contributed by atoms with Gasteiger partial charge in [0.25, 0.3) is 0 Å². The van der Waals surface area contributed by atoms with Gasteiger partial charge in [-0.15, -0.1) is 10.2 Å². The number of aryl methyl sites for hydroxylation is 1. The first-order valence-electron chi connectivity index (χ1n) is 9.74. The number of aromatic nitrogens is 4. The summed E-state index contributed by atoms with van der Waals surface area (Å²) in [6.45, 7) is 4.09. The number of rotatable bonds is 4. The number of hydrogen-bond acceptors (Lipinski definition) is 4. The van der Waals surface area contributed by atoms with Crippen molar-refractivity contribution in [2.24, 2.45) is 0 Å². The zero-order chi connectivity index (χ0) is 20.7. The van der Waals surface area contributed by atoms with Gasteiger partial charge in [0.2, 0.25) is 4.96 Å². The number of nitrogens with zero attached hydrogens (tertiary/aromatic N) is 4. The Balaban J connectivity index is 1.48. The van der Waals surface area contributed by atoms with Gasteiger partial charge in [-0.3, -0.25) is 0 Å². The van der Waals surface area contributed by atoms with Crippen LogP contribution < -0.4 is 0 Å². The average molecular weight is 415 g/mol. The van der Waals surface area contributed by atoms with Crippen LogP contribution in [0.2, 0.25) is 0 Å². The summed E-state index contributed by atoms with van der Waals surface area (Å²) < 4.78 is 16.6. The van der Waals surface area contributed by atoms with E-state index >= 15 is 0 Å². The summed E-state index contributed by atoms with van der Waals surface area (Å²) in [6.07, 6.45) is 0. The topological polar surface area (TPSA) is 43.1 Å². The summed E-state index contributed by atoms with van der Waals surface area (Å²) >= 11 is 1.48. The second-order valence-corrected chi connectivity index (χ2v) is 8.34. The maximum Gasteiger partial charge on any atom is 0.234 e. The van der Waals surface area contributed by atoms with E-state index in [4.69, 9.17) is 5.10 Å². The first-order valence-corrected chi connectivity index (χ1v) is 10.6. The molecule has 148 valence electrons. The molecular weight excluding hydrogens is 395 g/mol. The van der Waals surface area contributed by atoms with Crippen molar-refractivity contribution in [1.29, 1.82) is 0 Å². The number of fused-ring (bicyclic) bond motifs is 1. The van der Waals surface area contributed by atoms with Crippen LogP contribution in [-0.4, -0.2) is 19.8 Å². The molecule has 30 heavy (non-hydrogen) atoms. The van der Waals surface area contributed by atoms with Crippen LogP contribution in [0.5, 0.6) is 0 Å². The van der Waals surface area contributed by atoms with Crippen LogP contribution in [0.15, 0.2) is 72.8 Å². The Kier molecular flexibility index (Phi) is 4.64. The van der Waals surface area contributed by atoms with Crippen LogP contribution in [0.3, 0.4) is 0 Å². The second kappa shape index (κ2) is 7.46. The molecule has 1 unspecified atom stereocenters. The predicted molar refractivity (Wildman–Crippen MR) is 118 cm³/mol. The lowest BCUT2D eigenvalue weighted by atomic mass is 9.97. The van der Waals surface area contributed by atoms with Crippen LogP contribution >= 0.6 is 11.3 Å². The summed E-state index contributed by atoms with van der Waals surface area (Å²) in [7, 11) is 0. The van der Waals surface area contributed by atoms with Crippen molar-refractivity contribution < 1.29 is 4.39 Å². The Morgan fingerprint density at radius 3 is 2.40 bits per heavy atom. The molecule has 1 atom stereocenters. The van der Waals surface area contributed by atoms with Crippen molar-refractivity contribution in [2.75, 3.05) is 0 Å². The average Bonchev–Trinajstić information content (AvgIpc) is 3.35. The minimum absolute atomic E-state index is 0.0538. The lowest BCUT2D eigenvalue weighted by molar-refractivity contribution is 0.627. The highest BCUT2D eigenvalue weighted by molar-refractivity contribution is 7.16. The first kappa shape index (κ1) is 18.6. The van der Waals surface area contributed by atoms with E-state index in [0.29, 0.717) is 11.4 Å². The van der Waals surface area contributed by atoms with Crippen molar-refractivity contribution in [3.8, 4) is 22.5 Å². The summed E-state index contributed by atoms with van der Waals surface area (Å²) in [6, 6.07) is 23.1. The molecule has 2 heterocycles. The third-order valence-corrected chi connectivity index (χ3v) is 6.35. The zero-order valence-electron chi connectivity index (χ0n) is 16.6. The largest absolute Gasteiger partial charge is 0.234 e. The molecule has 0 aliphatic heterocycles. The van der Waals surface area contributed by atoms with Gasteiger partial charge in [0.15, 0.2) is 5.82 Å². The van der Waals surface area contributed by atoms with E-state index < -0.39 is 0 Å². The quantitative estimate of drug-likeness (QED) is 0.356. The Morgan fingerprint density at radius 1 is 0.900 bits per heavy atom. The molecule has 0 amide bonds. The Morgan fingerprint density at radius 2 is 1.67 bits per heavy atom. The fourth-order valence-corrected chi connectivity index (χ4v) is 4.40. The van der Waals surface area contributed by atoms with Crippen molar-refractivity contribution in [1.82, 2.24) is 19.8 Å². The fraction of sp³-hybridized carbons (Fsp3) is 0.125. The summed E-state index contributed by atoms with van der Waals surface area (Å²) in [5, 5.41) is 14.2. The highest BCUT2D eigenvalue weighted by Crippen LogP contribution is 2.32. The highest BCUT2D eigenvalue weighted by atomic mass is 32.1. The first-order chi connectivity index (χ1) is 14.6. The number of halogens is 1. The van der Waals surface area contributed by atoms with Crippen LogP contribution in [0.4, 0.5) is 4.39 Å². The summed E-state index contributed by atoms with van der Waals surface area (Å²) in [4.78, 5) is 0.730. The van der Waals surface area contributed by atoms with Gasteiger partial charge in [0.1, 0.15) is 10.8 Å². The van der Waals surface area contributed by atoms with E-state index in [0.717, 1.165) is 26.7 Å². The van der Waals surface area contributed by atoms with Gasteiger partial charge in [-0.25, -0.2) is 4.39 Å². The van der Waals surface area contributed by atoms with Gasteiger partial charge in [-0.05, 0) is 24.1 Å². The molecule has 0 spiro atoms. The van der Waals surface area contributed by atoms with Gasteiger partial charge in [0, 0.05) is 17.0 Å². The summed E-state index contributed by atoms with van der Waals surface area (Å²) in [5.74, 6) is 0.432. The molecule has 2 aromatic heterocycles. The molecule has 0 saturated heterocycles. The van der Waals surface area contributed by atoms with Crippen molar-refractivity contribution in [3.63, 3.8) is 0 Å². The minimum atomic E-state index is -0.228. The predicted octanol–water partition coefficient (Wildman–Crippen LogP) is 6.12. The molecule has 5 rings (SSSR count). The molecule has 0 aliphatic rings. The van der Waals surface area contributed by atoms with E-state index in [1.807, 2.05) is 80.6 Å². The normalized spacial score (nSPS) is 12.4. The van der Waals surface area contributed by atoms with Crippen molar-refractivity contribution in [2.45, 2.75) is 19.8 Å². The Bertz CT molecular complexity index is 1320. The molecule has 0 aliphatic carbocycles. The van der Waals surface area contributed by atoms with Gasteiger partial charge < -0.3 is 0 Å². The summed E-state index contributed by atoms with van der Waals surface area (Å²) in [5.41, 5.74) is 4.51. The van der Waals surface area contributed by atoms with E-state index in [1.165, 1.54) is 16.9 Å². The van der Waals surface area contributed by atoms with Crippen LogP contribution in [0.1, 0.15) is 29.0 Å². The minimum Gasteiger partial charge on any atom is -0.206 e. The third-order valence-electron chi connectivity index (χ3n) is 5.26. The maximum atomic E-state index is 14.8. The lowest BCUT2D eigenvalue weighted by Gasteiger charge is -2.11. The molecule has 0 bridgehead atoms. The molecule has 5 aromatic rings. The Labute approximate surface area is 177 Å². The third kappa shape index (κ3) is 3.29. The highest BCUT2D eigenvalue weighted by Gasteiger charge is 2.19. The molecular formula is C24H19FN4S. The zero-order valence-corrected chi connectivity index (χ0v) is 17.4. The maximum absolute atomic E-state index is 14.8. The standard InChI is InChI=1S/C24H19FN4S/c1-15-8-10-18(11-9-15)22-26-27-24-29(22)28-23(30-24)16(2)19-12-13-20(21(25)14-19)17-6-4-3-5-7-17/h3-14,16H,1-2H3. The van der Waals surface area contributed by atoms with E-state index in [2.05, 4.69) is 10.2 Å². The van der Waals surface area contributed by atoms with Gasteiger partial charge in [-0.1, -0.05) is 90.6 Å². The van der Waals surface area contributed by atoms with Crippen LogP contribution in [0.25, 0.3) is 27.5 Å². The lowest BCUT2D eigenvalue weighted by Crippen LogP contribution is -1.99. The van der Waals surface area contributed by atoms with Gasteiger partial charge >= 0.3 is 0 Å². The molecule has 0 fully saturated rings. The van der Waals surface area contributed by atoms with E-state index in [-0.39, 0.29) is 11.7 Å². The molecule has 0 N–H and O–H groups in total. The smallest absolute Gasteiger partial charge is 0.206 e. The molecule has 4 nitrogen and oxygen atoms in total. The molecule has 3 aromatic carbocycles.